The van der Waals surface area contributed by atoms with Crippen LogP contribution in [0.5, 0.6) is 0 Å². The molecule has 0 atom stereocenters. The van der Waals surface area contributed by atoms with Gasteiger partial charge in [-0.2, -0.15) is 0 Å². The van der Waals surface area contributed by atoms with Crippen molar-refractivity contribution >= 4 is 28.8 Å². The van der Waals surface area contributed by atoms with Gasteiger partial charge in [0.1, 0.15) is 5.76 Å². The number of benzene rings is 1. The van der Waals surface area contributed by atoms with E-state index in [9.17, 15) is 14.4 Å². The standard InChI is InChI=1S/C18H17N3O5/c1-11-16(13-6-2-3-7-14(13)20-11)17(23)26-10-15(22)21-18(24)19-9-12-5-4-8-25-12/h2-8,20H,9-10H2,1H3,(H2,19,21,22,24). The number of furan rings is 1. The molecular formula is C18H17N3O5. The second-order valence-corrected chi connectivity index (χ2v) is 5.56. The fourth-order valence-corrected chi connectivity index (χ4v) is 2.53. The van der Waals surface area contributed by atoms with Crippen LogP contribution in [0.3, 0.4) is 0 Å². The number of amides is 3. The molecule has 0 bridgehead atoms. The number of imide groups is 1. The van der Waals surface area contributed by atoms with Crippen molar-refractivity contribution in [1.82, 2.24) is 15.6 Å². The van der Waals surface area contributed by atoms with Gasteiger partial charge in [0.25, 0.3) is 5.91 Å². The first kappa shape index (κ1) is 17.3. The Kier molecular flexibility index (Phi) is 5.02. The Morgan fingerprint density at radius 1 is 1.15 bits per heavy atom. The van der Waals surface area contributed by atoms with Crippen molar-refractivity contribution in [3.05, 3.63) is 59.7 Å². The molecule has 0 radical (unpaired) electrons. The highest BCUT2D eigenvalue weighted by Crippen LogP contribution is 2.22. The average Bonchev–Trinajstić information content (AvgIpc) is 3.24. The number of ether oxygens (including phenoxy) is 1. The number of hydrogen-bond donors (Lipinski definition) is 3. The van der Waals surface area contributed by atoms with E-state index in [0.29, 0.717) is 22.4 Å². The molecule has 3 N–H and O–H groups in total. The fourth-order valence-electron chi connectivity index (χ4n) is 2.53. The lowest BCUT2D eigenvalue weighted by molar-refractivity contribution is -0.123. The number of aryl methyl sites for hydroxylation is 1. The zero-order valence-electron chi connectivity index (χ0n) is 14.0. The number of carbonyl (C=O) groups excluding carboxylic acids is 3. The summed E-state index contributed by atoms with van der Waals surface area (Å²) in [7, 11) is 0. The molecule has 0 saturated heterocycles. The van der Waals surface area contributed by atoms with E-state index in [1.165, 1.54) is 6.26 Å². The summed E-state index contributed by atoms with van der Waals surface area (Å²) in [6.07, 6.45) is 1.48. The first-order valence-corrected chi connectivity index (χ1v) is 7.89. The molecule has 0 unspecified atom stereocenters. The summed E-state index contributed by atoms with van der Waals surface area (Å²) in [4.78, 5) is 38.7. The maximum absolute atomic E-state index is 12.3. The second kappa shape index (κ2) is 7.56. The predicted molar refractivity (Wildman–Crippen MR) is 92.4 cm³/mol. The number of aromatic nitrogens is 1. The van der Waals surface area contributed by atoms with Crippen LogP contribution < -0.4 is 10.6 Å². The van der Waals surface area contributed by atoms with E-state index < -0.39 is 24.5 Å². The number of H-pyrrole nitrogens is 1. The molecule has 0 aliphatic heterocycles. The summed E-state index contributed by atoms with van der Waals surface area (Å²) in [5.74, 6) is -0.812. The van der Waals surface area contributed by atoms with E-state index in [0.717, 1.165) is 5.52 Å². The van der Waals surface area contributed by atoms with Crippen molar-refractivity contribution in [2.24, 2.45) is 0 Å². The highest BCUT2D eigenvalue weighted by molar-refractivity contribution is 6.06. The molecule has 8 heteroatoms. The first-order valence-electron chi connectivity index (χ1n) is 7.89. The molecule has 3 amide bonds. The van der Waals surface area contributed by atoms with Crippen molar-refractivity contribution in [3.63, 3.8) is 0 Å². The highest BCUT2D eigenvalue weighted by atomic mass is 16.5. The first-order chi connectivity index (χ1) is 12.5. The zero-order valence-corrected chi connectivity index (χ0v) is 14.0. The topological polar surface area (TPSA) is 113 Å². The van der Waals surface area contributed by atoms with Crippen LogP contribution in [0.15, 0.2) is 47.1 Å². The molecular weight excluding hydrogens is 338 g/mol. The van der Waals surface area contributed by atoms with Crippen molar-refractivity contribution < 1.29 is 23.5 Å². The van der Waals surface area contributed by atoms with Crippen LogP contribution in [0.2, 0.25) is 0 Å². The number of esters is 1. The molecule has 26 heavy (non-hydrogen) atoms. The minimum atomic E-state index is -0.729. The number of hydrogen-bond acceptors (Lipinski definition) is 5. The van der Waals surface area contributed by atoms with E-state index in [2.05, 4.69) is 15.6 Å². The number of fused-ring (bicyclic) bond motifs is 1. The Morgan fingerprint density at radius 3 is 2.73 bits per heavy atom. The third-order valence-electron chi connectivity index (χ3n) is 3.69. The Labute approximate surface area is 148 Å². The molecule has 2 heterocycles. The minimum absolute atomic E-state index is 0.139. The van der Waals surface area contributed by atoms with Crippen LogP contribution in [0.25, 0.3) is 10.9 Å². The van der Waals surface area contributed by atoms with Crippen LogP contribution in [-0.2, 0) is 16.1 Å². The van der Waals surface area contributed by atoms with Gasteiger partial charge in [-0.3, -0.25) is 10.1 Å². The molecule has 0 spiro atoms. The maximum atomic E-state index is 12.3. The number of urea groups is 1. The number of nitrogens with one attached hydrogen (secondary N) is 3. The van der Waals surface area contributed by atoms with E-state index >= 15 is 0 Å². The van der Waals surface area contributed by atoms with Crippen LogP contribution in [-0.4, -0.2) is 29.5 Å². The molecule has 0 aliphatic carbocycles. The third-order valence-corrected chi connectivity index (χ3v) is 3.69. The smallest absolute Gasteiger partial charge is 0.341 e. The Hall–Kier alpha value is -3.55. The summed E-state index contributed by atoms with van der Waals surface area (Å²) in [5, 5.41) is 5.25. The maximum Gasteiger partial charge on any atom is 0.341 e. The van der Waals surface area contributed by atoms with E-state index in [4.69, 9.17) is 9.15 Å². The van der Waals surface area contributed by atoms with Gasteiger partial charge in [0, 0.05) is 16.6 Å². The minimum Gasteiger partial charge on any atom is -0.467 e. The van der Waals surface area contributed by atoms with Gasteiger partial charge < -0.3 is 19.5 Å². The van der Waals surface area contributed by atoms with Crippen LogP contribution in [0.1, 0.15) is 21.8 Å². The van der Waals surface area contributed by atoms with Crippen molar-refractivity contribution in [2.75, 3.05) is 6.61 Å². The normalized spacial score (nSPS) is 10.5. The van der Waals surface area contributed by atoms with Gasteiger partial charge in [-0.25, -0.2) is 9.59 Å². The fraction of sp³-hybridized carbons (Fsp3) is 0.167. The summed E-state index contributed by atoms with van der Waals surface area (Å²) < 4.78 is 10.1. The Morgan fingerprint density at radius 2 is 1.96 bits per heavy atom. The average molecular weight is 355 g/mol. The van der Waals surface area contributed by atoms with Crippen LogP contribution in [0.4, 0.5) is 4.79 Å². The quantitative estimate of drug-likeness (QED) is 0.608. The van der Waals surface area contributed by atoms with Gasteiger partial charge in [0.05, 0.1) is 18.4 Å². The molecule has 0 fully saturated rings. The SMILES string of the molecule is Cc1[nH]c2ccccc2c1C(=O)OCC(=O)NC(=O)NCc1ccco1. The van der Waals surface area contributed by atoms with Gasteiger partial charge >= 0.3 is 12.0 Å². The van der Waals surface area contributed by atoms with Gasteiger partial charge in [-0.15, -0.1) is 0 Å². The molecule has 134 valence electrons. The summed E-state index contributed by atoms with van der Waals surface area (Å²) >= 11 is 0. The van der Waals surface area contributed by atoms with Gasteiger partial charge in [0.2, 0.25) is 0 Å². The summed E-state index contributed by atoms with van der Waals surface area (Å²) in [5.41, 5.74) is 1.82. The molecule has 3 aromatic rings. The lowest BCUT2D eigenvalue weighted by Gasteiger charge is -2.07. The monoisotopic (exact) mass is 355 g/mol. The predicted octanol–water partition coefficient (Wildman–Crippen LogP) is 2.25. The number of carbonyl (C=O) groups is 3. The molecule has 1 aromatic carbocycles. The van der Waals surface area contributed by atoms with Gasteiger partial charge in [0.15, 0.2) is 6.61 Å². The number of para-hydroxylation sites is 1. The largest absolute Gasteiger partial charge is 0.467 e. The van der Waals surface area contributed by atoms with Gasteiger partial charge in [-0.05, 0) is 25.1 Å². The van der Waals surface area contributed by atoms with E-state index in [1.54, 1.807) is 25.1 Å². The van der Waals surface area contributed by atoms with Crippen molar-refractivity contribution in [2.45, 2.75) is 13.5 Å². The lowest BCUT2D eigenvalue weighted by atomic mass is 10.1. The number of rotatable bonds is 5. The molecule has 0 saturated carbocycles. The molecule has 3 rings (SSSR count). The summed E-state index contributed by atoms with van der Waals surface area (Å²) in [6, 6.07) is 9.96. The molecule has 2 aromatic heterocycles. The van der Waals surface area contributed by atoms with E-state index in [-0.39, 0.29) is 6.54 Å². The Bertz CT molecular complexity index is 943. The van der Waals surface area contributed by atoms with Crippen LogP contribution in [0, 0.1) is 6.92 Å². The number of aromatic amines is 1. The third kappa shape index (κ3) is 3.92. The zero-order chi connectivity index (χ0) is 18.5. The Balaban J connectivity index is 1.51. The van der Waals surface area contributed by atoms with Crippen molar-refractivity contribution in [1.29, 1.82) is 0 Å². The molecule has 0 aliphatic rings. The highest BCUT2D eigenvalue weighted by Gasteiger charge is 2.18. The van der Waals surface area contributed by atoms with Crippen molar-refractivity contribution in [3.8, 4) is 0 Å². The van der Waals surface area contributed by atoms with Crippen LogP contribution >= 0.6 is 0 Å². The second-order valence-electron chi connectivity index (χ2n) is 5.56. The van der Waals surface area contributed by atoms with Gasteiger partial charge in [-0.1, -0.05) is 18.2 Å². The van der Waals surface area contributed by atoms with E-state index in [1.807, 2.05) is 18.2 Å². The lowest BCUT2D eigenvalue weighted by Crippen LogP contribution is -2.41. The molecule has 8 nitrogen and oxygen atoms in total. The summed E-state index contributed by atoms with van der Waals surface area (Å²) in [6.45, 7) is 1.32.